The molecule has 0 radical (unpaired) electrons. The van der Waals surface area contributed by atoms with Crippen molar-refractivity contribution in [3.63, 3.8) is 0 Å². The van der Waals surface area contributed by atoms with Crippen LogP contribution in [0.1, 0.15) is 18.9 Å². The summed E-state index contributed by atoms with van der Waals surface area (Å²) in [5, 5.41) is 9.75. The van der Waals surface area contributed by atoms with Crippen LogP contribution in [-0.2, 0) is 16.6 Å². The highest BCUT2D eigenvalue weighted by Crippen LogP contribution is 2.31. The van der Waals surface area contributed by atoms with E-state index < -0.39 is 10.0 Å². The van der Waals surface area contributed by atoms with Crippen LogP contribution < -0.4 is 5.73 Å². The minimum Gasteiger partial charge on any atom is -0.395 e. The van der Waals surface area contributed by atoms with Crippen molar-refractivity contribution in [3.05, 3.63) is 28.8 Å². The SMILES string of the molecule is CC1CCN(S(=O)(=O)c2ccc(CN)c(Cl)c2)C1CO. The molecule has 1 aliphatic heterocycles. The fraction of sp³-hybridized carbons (Fsp3) is 0.538. The van der Waals surface area contributed by atoms with Gasteiger partial charge in [-0.05, 0) is 30.0 Å². The first-order chi connectivity index (χ1) is 9.41. The number of aliphatic hydroxyl groups excluding tert-OH is 1. The van der Waals surface area contributed by atoms with Crippen molar-refractivity contribution >= 4 is 21.6 Å². The average Bonchev–Trinajstić information content (AvgIpc) is 2.80. The fourth-order valence-electron chi connectivity index (χ4n) is 2.53. The molecule has 2 unspecified atom stereocenters. The third kappa shape index (κ3) is 2.71. The molecule has 2 atom stereocenters. The van der Waals surface area contributed by atoms with E-state index >= 15 is 0 Å². The van der Waals surface area contributed by atoms with E-state index in [2.05, 4.69) is 0 Å². The number of aliphatic hydroxyl groups is 1. The van der Waals surface area contributed by atoms with Gasteiger partial charge >= 0.3 is 0 Å². The fourth-order valence-corrected chi connectivity index (χ4v) is 4.61. The minimum atomic E-state index is -3.63. The number of nitrogens with zero attached hydrogens (tertiary/aromatic N) is 1. The van der Waals surface area contributed by atoms with Crippen molar-refractivity contribution in [2.24, 2.45) is 11.7 Å². The zero-order valence-electron chi connectivity index (χ0n) is 11.3. The Bertz CT molecular complexity index is 591. The first-order valence-electron chi connectivity index (χ1n) is 6.53. The number of benzene rings is 1. The predicted molar refractivity (Wildman–Crippen MR) is 77.9 cm³/mol. The van der Waals surface area contributed by atoms with E-state index in [9.17, 15) is 13.5 Å². The normalized spacial score (nSPS) is 24.2. The maximum Gasteiger partial charge on any atom is 0.243 e. The molecule has 5 nitrogen and oxygen atoms in total. The monoisotopic (exact) mass is 318 g/mol. The van der Waals surface area contributed by atoms with E-state index in [0.29, 0.717) is 17.1 Å². The third-order valence-electron chi connectivity index (χ3n) is 3.87. The molecule has 1 aromatic rings. The number of hydrogen-bond donors (Lipinski definition) is 2. The van der Waals surface area contributed by atoms with Crippen molar-refractivity contribution < 1.29 is 13.5 Å². The summed E-state index contributed by atoms with van der Waals surface area (Å²) in [6.07, 6.45) is 0.749. The number of sulfonamides is 1. The van der Waals surface area contributed by atoms with E-state index in [-0.39, 0.29) is 30.0 Å². The zero-order chi connectivity index (χ0) is 14.9. The maximum atomic E-state index is 12.6. The van der Waals surface area contributed by atoms with Crippen LogP contribution in [0.4, 0.5) is 0 Å². The molecule has 1 aromatic carbocycles. The molecule has 0 bridgehead atoms. The van der Waals surface area contributed by atoms with Gasteiger partial charge in [0.2, 0.25) is 10.0 Å². The van der Waals surface area contributed by atoms with E-state index in [1.807, 2.05) is 6.92 Å². The summed E-state index contributed by atoms with van der Waals surface area (Å²) >= 11 is 6.03. The first kappa shape index (κ1) is 15.7. The molecular weight excluding hydrogens is 300 g/mol. The van der Waals surface area contributed by atoms with Crippen LogP contribution >= 0.6 is 11.6 Å². The first-order valence-corrected chi connectivity index (χ1v) is 8.34. The number of hydrogen-bond acceptors (Lipinski definition) is 4. The Hall–Kier alpha value is -0.660. The smallest absolute Gasteiger partial charge is 0.243 e. The second-order valence-corrected chi connectivity index (χ2v) is 7.39. The van der Waals surface area contributed by atoms with Gasteiger partial charge in [-0.2, -0.15) is 4.31 Å². The van der Waals surface area contributed by atoms with Crippen molar-refractivity contribution in [3.8, 4) is 0 Å². The molecule has 7 heteroatoms. The molecular formula is C13H19ClN2O3S. The number of rotatable bonds is 4. The van der Waals surface area contributed by atoms with Gasteiger partial charge in [0.15, 0.2) is 0 Å². The molecule has 1 aliphatic rings. The molecule has 0 amide bonds. The lowest BCUT2D eigenvalue weighted by atomic mass is 10.0. The molecule has 1 heterocycles. The summed E-state index contributed by atoms with van der Waals surface area (Å²) in [6, 6.07) is 4.20. The topological polar surface area (TPSA) is 83.6 Å². The maximum absolute atomic E-state index is 12.6. The second-order valence-electron chi connectivity index (χ2n) is 5.09. The Morgan fingerprint density at radius 1 is 1.50 bits per heavy atom. The molecule has 20 heavy (non-hydrogen) atoms. The second kappa shape index (κ2) is 5.99. The lowest BCUT2D eigenvalue weighted by molar-refractivity contribution is 0.191. The van der Waals surface area contributed by atoms with E-state index in [1.54, 1.807) is 6.07 Å². The summed E-state index contributed by atoms with van der Waals surface area (Å²) in [6.45, 7) is 2.46. The van der Waals surface area contributed by atoms with Gasteiger partial charge in [0.05, 0.1) is 17.5 Å². The molecule has 0 aromatic heterocycles. The lowest BCUT2D eigenvalue weighted by Crippen LogP contribution is -2.39. The standard InChI is InChI=1S/C13H19ClN2O3S/c1-9-4-5-16(13(9)8-17)20(18,19)11-3-2-10(7-15)12(14)6-11/h2-3,6,9,13,17H,4-5,7-8,15H2,1H3. The quantitative estimate of drug-likeness (QED) is 0.873. The van der Waals surface area contributed by atoms with Crippen LogP contribution in [0, 0.1) is 5.92 Å². The van der Waals surface area contributed by atoms with Crippen LogP contribution in [0.5, 0.6) is 0 Å². The molecule has 0 aliphatic carbocycles. The Morgan fingerprint density at radius 3 is 2.75 bits per heavy atom. The van der Waals surface area contributed by atoms with Gasteiger partial charge in [-0.25, -0.2) is 8.42 Å². The molecule has 1 fully saturated rings. The van der Waals surface area contributed by atoms with Gasteiger partial charge in [0, 0.05) is 18.1 Å². The Kier molecular flexibility index (Phi) is 4.71. The number of halogens is 1. The molecule has 3 N–H and O–H groups in total. The van der Waals surface area contributed by atoms with Crippen LogP contribution in [0.25, 0.3) is 0 Å². The Morgan fingerprint density at radius 2 is 2.20 bits per heavy atom. The predicted octanol–water partition coefficient (Wildman–Crippen LogP) is 1.19. The van der Waals surface area contributed by atoms with E-state index in [0.717, 1.165) is 6.42 Å². The summed E-state index contributed by atoms with van der Waals surface area (Å²) in [7, 11) is -3.63. The van der Waals surface area contributed by atoms with E-state index in [4.69, 9.17) is 17.3 Å². The highest BCUT2D eigenvalue weighted by molar-refractivity contribution is 7.89. The lowest BCUT2D eigenvalue weighted by Gasteiger charge is -2.24. The van der Waals surface area contributed by atoms with Gasteiger partial charge in [-0.15, -0.1) is 0 Å². The van der Waals surface area contributed by atoms with Gasteiger partial charge in [0.1, 0.15) is 0 Å². The van der Waals surface area contributed by atoms with Crippen molar-refractivity contribution in [2.45, 2.75) is 30.8 Å². The molecule has 1 saturated heterocycles. The largest absolute Gasteiger partial charge is 0.395 e. The van der Waals surface area contributed by atoms with E-state index in [1.165, 1.54) is 16.4 Å². The zero-order valence-corrected chi connectivity index (χ0v) is 12.9. The summed E-state index contributed by atoms with van der Waals surface area (Å²) in [5.74, 6) is 0.147. The molecule has 0 saturated carbocycles. The molecule has 0 spiro atoms. The Labute approximate surface area is 124 Å². The molecule has 112 valence electrons. The molecule has 2 rings (SSSR count). The average molecular weight is 319 g/mol. The van der Waals surface area contributed by atoms with Crippen LogP contribution in [0.2, 0.25) is 5.02 Å². The van der Waals surface area contributed by atoms with Gasteiger partial charge in [0.25, 0.3) is 0 Å². The summed E-state index contributed by atoms with van der Waals surface area (Å²) < 4.78 is 26.6. The van der Waals surface area contributed by atoms with Gasteiger partial charge in [-0.3, -0.25) is 0 Å². The van der Waals surface area contributed by atoms with Crippen molar-refractivity contribution in [1.29, 1.82) is 0 Å². The summed E-state index contributed by atoms with van der Waals surface area (Å²) in [4.78, 5) is 0.146. The van der Waals surface area contributed by atoms with Crippen molar-refractivity contribution in [2.75, 3.05) is 13.2 Å². The highest BCUT2D eigenvalue weighted by Gasteiger charge is 2.39. The summed E-state index contributed by atoms with van der Waals surface area (Å²) in [5.41, 5.74) is 6.22. The van der Waals surface area contributed by atoms with Gasteiger partial charge < -0.3 is 10.8 Å². The van der Waals surface area contributed by atoms with Crippen LogP contribution in [0.15, 0.2) is 23.1 Å². The highest BCUT2D eigenvalue weighted by atomic mass is 35.5. The number of nitrogens with two attached hydrogens (primary N) is 1. The van der Waals surface area contributed by atoms with Gasteiger partial charge in [-0.1, -0.05) is 24.6 Å². The minimum absolute atomic E-state index is 0.146. The Balaban J connectivity index is 2.38. The van der Waals surface area contributed by atoms with Crippen LogP contribution in [-0.4, -0.2) is 37.0 Å². The van der Waals surface area contributed by atoms with Crippen LogP contribution in [0.3, 0.4) is 0 Å². The third-order valence-corrected chi connectivity index (χ3v) is 6.14. The van der Waals surface area contributed by atoms with Crippen molar-refractivity contribution in [1.82, 2.24) is 4.31 Å².